The van der Waals surface area contributed by atoms with Crippen LogP contribution in [-0.4, -0.2) is 0 Å². The summed E-state index contributed by atoms with van der Waals surface area (Å²) in [6.07, 6.45) is 0. The highest BCUT2D eigenvalue weighted by atomic mass is 15.1. The minimum Gasteiger partial charge on any atom is -0.309 e. The first kappa shape index (κ1) is 34.5. The van der Waals surface area contributed by atoms with Crippen molar-refractivity contribution in [1.82, 2.24) is 0 Å². The smallest absolute Gasteiger partial charge is 0.0546 e. The zero-order valence-electron chi connectivity index (χ0n) is 32.5. The van der Waals surface area contributed by atoms with Gasteiger partial charge in [-0.05, 0) is 107 Å². The average molecular weight is 750 g/mol. The molecule has 0 atom stereocenters. The Balaban J connectivity index is 1.11. The van der Waals surface area contributed by atoms with E-state index < -0.39 is 0 Å². The van der Waals surface area contributed by atoms with Gasteiger partial charge in [0.2, 0.25) is 0 Å². The molecule has 0 saturated carbocycles. The lowest BCUT2D eigenvalue weighted by molar-refractivity contribution is 1.30. The van der Waals surface area contributed by atoms with Crippen LogP contribution in [0.2, 0.25) is 0 Å². The Morgan fingerprint density at radius 1 is 0.220 bits per heavy atom. The Labute approximate surface area is 344 Å². The Morgan fingerprint density at radius 3 is 1.44 bits per heavy atom. The zero-order chi connectivity index (χ0) is 39.1. The molecule has 11 rings (SSSR count). The second-order valence-electron chi connectivity index (χ2n) is 15.2. The summed E-state index contributed by atoms with van der Waals surface area (Å²) in [7, 11) is 0. The van der Waals surface area contributed by atoms with Gasteiger partial charge in [-0.15, -0.1) is 0 Å². The van der Waals surface area contributed by atoms with Crippen molar-refractivity contribution in [2.24, 2.45) is 0 Å². The first-order valence-corrected chi connectivity index (χ1v) is 20.3. The molecule has 0 aliphatic carbocycles. The molecule has 0 radical (unpaired) electrons. The van der Waals surface area contributed by atoms with Crippen LogP contribution in [0.1, 0.15) is 0 Å². The molecule has 0 N–H and O–H groups in total. The van der Waals surface area contributed by atoms with Crippen molar-refractivity contribution in [3.63, 3.8) is 0 Å². The Morgan fingerprint density at radius 2 is 0.695 bits per heavy atom. The van der Waals surface area contributed by atoms with Crippen LogP contribution in [0.4, 0.5) is 17.1 Å². The lowest BCUT2D eigenvalue weighted by Gasteiger charge is -2.30. The molecule has 1 heteroatoms. The van der Waals surface area contributed by atoms with Gasteiger partial charge in [0.15, 0.2) is 0 Å². The summed E-state index contributed by atoms with van der Waals surface area (Å²) in [5, 5.41) is 9.98. The van der Waals surface area contributed by atoms with E-state index in [1.807, 2.05) is 0 Å². The third-order valence-corrected chi connectivity index (χ3v) is 11.9. The molecular weight excluding hydrogens is 711 g/mol. The predicted octanol–water partition coefficient (Wildman–Crippen LogP) is 16.4. The summed E-state index contributed by atoms with van der Waals surface area (Å²) in [6, 6.07) is 86.3. The maximum Gasteiger partial charge on any atom is 0.0546 e. The summed E-state index contributed by atoms with van der Waals surface area (Å²) in [4.78, 5) is 2.47. The normalized spacial score (nSPS) is 11.4. The minimum atomic E-state index is 1.09. The Bertz CT molecular complexity index is 3320. The highest BCUT2D eigenvalue weighted by Crippen LogP contribution is 2.48. The number of hydrogen-bond acceptors (Lipinski definition) is 1. The maximum absolute atomic E-state index is 2.47. The van der Waals surface area contributed by atoms with E-state index in [0.29, 0.717) is 0 Å². The van der Waals surface area contributed by atoms with Gasteiger partial charge in [0.25, 0.3) is 0 Å². The number of rotatable bonds is 7. The quantitative estimate of drug-likeness (QED) is 0.147. The molecule has 11 aromatic carbocycles. The van der Waals surface area contributed by atoms with Crippen LogP contribution < -0.4 is 4.90 Å². The van der Waals surface area contributed by atoms with Gasteiger partial charge in [-0.2, -0.15) is 0 Å². The molecule has 0 spiro atoms. The second kappa shape index (κ2) is 14.6. The Hall–Kier alpha value is -7.74. The molecule has 0 heterocycles. The van der Waals surface area contributed by atoms with Crippen molar-refractivity contribution in [2.45, 2.75) is 0 Å². The average Bonchev–Trinajstić information content (AvgIpc) is 3.32. The molecule has 276 valence electrons. The second-order valence-corrected chi connectivity index (χ2v) is 15.2. The molecule has 0 amide bonds. The first-order valence-electron chi connectivity index (χ1n) is 20.3. The standard InChI is InChI=1S/C58H39N/c1-2-16-41(17-3-1)48-21-8-9-23-51(48)53-25-10-11-26-54(53)55-27-14-15-29-57(55)59(58-39-44-19-5-7-22-49(44)52-24-12-13-28-56(52)58)46-35-32-40(33-36-46)43-34-37-50-45(38-43)31-30-42-18-4-6-20-47(42)50/h1-39H. The molecule has 0 aliphatic rings. The van der Waals surface area contributed by atoms with E-state index in [4.69, 9.17) is 0 Å². The van der Waals surface area contributed by atoms with Crippen LogP contribution in [0, 0.1) is 0 Å². The fourth-order valence-electron chi connectivity index (χ4n) is 9.06. The van der Waals surface area contributed by atoms with Crippen LogP contribution in [0.3, 0.4) is 0 Å². The van der Waals surface area contributed by atoms with Gasteiger partial charge in [-0.25, -0.2) is 0 Å². The van der Waals surface area contributed by atoms with E-state index in [2.05, 4.69) is 241 Å². The molecule has 1 nitrogen and oxygen atoms in total. The summed E-state index contributed by atoms with van der Waals surface area (Å²) >= 11 is 0. The maximum atomic E-state index is 2.47. The fourth-order valence-corrected chi connectivity index (χ4v) is 9.06. The first-order chi connectivity index (χ1) is 29.3. The Kier molecular flexibility index (Phi) is 8.56. The van der Waals surface area contributed by atoms with Crippen molar-refractivity contribution in [3.05, 3.63) is 237 Å². The van der Waals surface area contributed by atoms with Crippen molar-refractivity contribution in [3.8, 4) is 44.5 Å². The minimum absolute atomic E-state index is 1.09. The van der Waals surface area contributed by atoms with Gasteiger partial charge < -0.3 is 4.90 Å². The number of benzene rings is 11. The van der Waals surface area contributed by atoms with E-state index in [9.17, 15) is 0 Å². The van der Waals surface area contributed by atoms with E-state index in [-0.39, 0.29) is 0 Å². The van der Waals surface area contributed by atoms with Crippen LogP contribution in [-0.2, 0) is 0 Å². The zero-order valence-corrected chi connectivity index (χ0v) is 32.5. The number of fused-ring (bicyclic) bond motifs is 6. The molecular formula is C58H39N. The van der Waals surface area contributed by atoms with E-state index in [0.717, 1.165) is 22.6 Å². The van der Waals surface area contributed by atoms with Gasteiger partial charge in [0.05, 0.1) is 11.4 Å². The summed E-state index contributed by atoms with van der Waals surface area (Å²) < 4.78 is 0. The van der Waals surface area contributed by atoms with Gasteiger partial charge in [0, 0.05) is 16.6 Å². The van der Waals surface area contributed by atoms with Crippen molar-refractivity contribution in [1.29, 1.82) is 0 Å². The van der Waals surface area contributed by atoms with Crippen molar-refractivity contribution in [2.75, 3.05) is 4.90 Å². The molecule has 0 aromatic heterocycles. The van der Waals surface area contributed by atoms with E-state index >= 15 is 0 Å². The third kappa shape index (κ3) is 6.12. The predicted molar refractivity (Wildman–Crippen MR) is 253 cm³/mol. The number of nitrogens with zero attached hydrogens (tertiary/aromatic N) is 1. The molecule has 11 aromatic rings. The van der Waals surface area contributed by atoms with Gasteiger partial charge >= 0.3 is 0 Å². The molecule has 0 bridgehead atoms. The van der Waals surface area contributed by atoms with Crippen molar-refractivity contribution < 1.29 is 0 Å². The highest BCUT2D eigenvalue weighted by molar-refractivity contribution is 6.15. The van der Waals surface area contributed by atoms with E-state index in [1.165, 1.54) is 82.0 Å². The van der Waals surface area contributed by atoms with E-state index in [1.54, 1.807) is 0 Å². The van der Waals surface area contributed by atoms with Crippen molar-refractivity contribution >= 4 is 60.2 Å². The summed E-state index contributed by atoms with van der Waals surface area (Å²) in [5.41, 5.74) is 12.9. The van der Waals surface area contributed by atoms with Gasteiger partial charge in [-0.3, -0.25) is 0 Å². The largest absolute Gasteiger partial charge is 0.309 e. The lowest BCUT2D eigenvalue weighted by Crippen LogP contribution is -2.12. The molecule has 0 fully saturated rings. The molecule has 59 heavy (non-hydrogen) atoms. The van der Waals surface area contributed by atoms with Crippen LogP contribution >= 0.6 is 0 Å². The fraction of sp³-hybridized carbons (Fsp3) is 0. The topological polar surface area (TPSA) is 3.24 Å². The van der Waals surface area contributed by atoms with Gasteiger partial charge in [0.1, 0.15) is 0 Å². The summed E-state index contributed by atoms with van der Waals surface area (Å²) in [6.45, 7) is 0. The molecule has 0 unspecified atom stereocenters. The lowest BCUT2D eigenvalue weighted by atomic mass is 9.88. The van der Waals surface area contributed by atoms with Crippen LogP contribution in [0.25, 0.3) is 87.6 Å². The third-order valence-electron chi connectivity index (χ3n) is 11.9. The number of hydrogen-bond donors (Lipinski definition) is 0. The van der Waals surface area contributed by atoms with Crippen LogP contribution in [0.5, 0.6) is 0 Å². The monoisotopic (exact) mass is 749 g/mol. The number of anilines is 3. The van der Waals surface area contributed by atoms with Crippen LogP contribution in [0.15, 0.2) is 237 Å². The number of para-hydroxylation sites is 1. The molecule has 0 aliphatic heterocycles. The van der Waals surface area contributed by atoms with Gasteiger partial charge in [-0.1, -0.05) is 206 Å². The SMILES string of the molecule is c1ccc(-c2ccccc2-c2ccccc2-c2ccccc2N(c2ccc(-c3ccc4c(ccc5ccccc54)c3)cc2)c2cc3ccccc3c3ccccc23)cc1. The highest BCUT2D eigenvalue weighted by Gasteiger charge is 2.22. The molecule has 0 saturated heterocycles. The summed E-state index contributed by atoms with van der Waals surface area (Å²) in [5.74, 6) is 0.